The van der Waals surface area contributed by atoms with Gasteiger partial charge in [0.15, 0.2) is 5.75 Å². The molecule has 0 saturated carbocycles. The number of carbonyl (C=O) groups is 2. The van der Waals surface area contributed by atoms with Crippen LogP contribution in [0.2, 0.25) is 10.0 Å². The van der Waals surface area contributed by atoms with Crippen molar-refractivity contribution in [1.29, 1.82) is 0 Å². The van der Waals surface area contributed by atoms with Crippen molar-refractivity contribution in [2.45, 2.75) is 40.2 Å². The Morgan fingerprint density at radius 3 is 2.18 bits per heavy atom. The van der Waals surface area contributed by atoms with Gasteiger partial charge in [-0.3, -0.25) is 9.69 Å². The molecule has 2 rings (SSSR count). The van der Waals surface area contributed by atoms with E-state index < -0.39 is 12.1 Å². The van der Waals surface area contributed by atoms with Crippen LogP contribution in [0.25, 0.3) is 0 Å². The minimum absolute atomic E-state index is 0.0530. The minimum atomic E-state index is -0.641. The van der Waals surface area contributed by atoms with Crippen molar-refractivity contribution in [2.24, 2.45) is 0 Å². The largest absolute Gasteiger partial charge is 0.496 e. The van der Waals surface area contributed by atoms with Gasteiger partial charge in [0.1, 0.15) is 18.0 Å². The zero-order chi connectivity index (χ0) is 24.5. The smallest absolute Gasteiger partial charge is 0.410 e. The molecule has 0 bridgehead atoms. The quantitative estimate of drug-likeness (QED) is 0.351. The summed E-state index contributed by atoms with van der Waals surface area (Å²) in [5, 5.41) is 0.527. The van der Waals surface area contributed by atoms with E-state index >= 15 is 0 Å². The third-order valence-corrected chi connectivity index (χ3v) is 5.19. The van der Waals surface area contributed by atoms with Crippen molar-refractivity contribution in [3.63, 3.8) is 0 Å². The van der Waals surface area contributed by atoms with Crippen molar-refractivity contribution < 1.29 is 28.5 Å². The minimum Gasteiger partial charge on any atom is -0.496 e. The van der Waals surface area contributed by atoms with E-state index in [0.717, 1.165) is 11.3 Å². The van der Waals surface area contributed by atoms with E-state index in [4.69, 9.17) is 42.1 Å². The van der Waals surface area contributed by atoms with E-state index in [1.54, 1.807) is 39.2 Å². The first-order valence-electron chi connectivity index (χ1n) is 10.6. The molecule has 33 heavy (non-hydrogen) atoms. The van der Waals surface area contributed by atoms with Crippen LogP contribution >= 0.6 is 23.2 Å². The van der Waals surface area contributed by atoms with Gasteiger partial charge in [-0.05, 0) is 55.7 Å². The van der Waals surface area contributed by atoms with E-state index in [-0.39, 0.29) is 48.0 Å². The van der Waals surface area contributed by atoms with Gasteiger partial charge >= 0.3 is 12.1 Å². The molecule has 2 aromatic rings. The second kappa shape index (κ2) is 12.6. The highest BCUT2D eigenvalue weighted by molar-refractivity contribution is 6.37. The number of esters is 1. The fourth-order valence-electron chi connectivity index (χ4n) is 3.13. The zero-order valence-corrected chi connectivity index (χ0v) is 21.0. The van der Waals surface area contributed by atoms with E-state index in [1.165, 1.54) is 4.90 Å². The third-order valence-electron chi connectivity index (χ3n) is 4.63. The SMILES string of the molecule is CCOC(=O)CN(Cc1cc(Cl)c(Oc2ccc(OC)c(C(C)C)c2)c(Cl)c1)C(=O)OCC. The van der Waals surface area contributed by atoms with Gasteiger partial charge in [0, 0.05) is 12.1 Å². The Kier molecular flexibility index (Phi) is 10.1. The van der Waals surface area contributed by atoms with Crippen LogP contribution in [0.4, 0.5) is 4.79 Å². The number of carbonyl (C=O) groups excluding carboxylic acids is 2. The molecule has 9 heteroatoms. The van der Waals surface area contributed by atoms with E-state index in [2.05, 4.69) is 13.8 Å². The Bertz CT molecular complexity index is 956. The number of benzene rings is 2. The van der Waals surface area contributed by atoms with Gasteiger partial charge in [-0.15, -0.1) is 0 Å². The predicted octanol–water partition coefficient (Wildman–Crippen LogP) is 6.44. The van der Waals surface area contributed by atoms with Crippen LogP contribution in [0.3, 0.4) is 0 Å². The number of methoxy groups -OCH3 is 1. The maximum absolute atomic E-state index is 12.3. The molecule has 0 aliphatic carbocycles. The summed E-state index contributed by atoms with van der Waals surface area (Å²) in [6, 6.07) is 8.74. The van der Waals surface area contributed by atoms with Gasteiger partial charge in [0.05, 0.1) is 30.4 Å². The Hall–Kier alpha value is -2.64. The first-order chi connectivity index (χ1) is 15.7. The normalized spacial score (nSPS) is 10.7. The van der Waals surface area contributed by atoms with Crippen molar-refractivity contribution in [3.8, 4) is 17.2 Å². The standard InChI is InChI=1S/C24H29Cl2NO6/c1-6-31-22(28)14-27(24(29)32-7-2)13-16-10-19(25)23(20(26)11-16)33-17-8-9-21(30-5)18(12-17)15(3)4/h8-12,15H,6-7,13-14H2,1-5H3. The van der Waals surface area contributed by atoms with Crippen molar-refractivity contribution in [1.82, 2.24) is 4.90 Å². The topological polar surface area (TPSA) is 74.3 Å². The molecule has 0 unspecified atom stereocenters. The molecule has 0 spiro atoms. The van der Waals surface area contributed by atoms with Crippen LogP contribution in [0.5, 0.6) is 17.2 Å². The zero-order valence-electron chi connectivity index (χ0n) is 19.4. The highest BCUT2D eigenvalue weighted by Crippen LogP contribution is 2.39. The van der Waals surface area contributed by atoms with Crippen LogP contribution in [0.15, 0.2) is 30.3 Å². The number of hydrogen-bond acceptors (Lipinski definition) is 6. The molecule has 0 heterocycles. The summed E-state index contributed by atoms with van der Waals surface area (Å²) in [5.74, 6) is 1.31. The van der Waals surface area contributed by atoms with Gasteiger partial charge in [-0.2, -0.15) is 0 Å². The highest BCUT2D eigenvalue weighted by atomic mass is 35.5. The average molecular weight is 498 g/mol. The summed E-state index contributed by atoms with van der Waals surface area (Å²) in [6.07, 6.45) is -0.641. The Balaban J connectivity index is 2.27. The van der Waals surface area contributed by atoms with Crippen molar-refractivity contribution in [3.05, 3.63) is 51.5 Å². The fourth-order valence-corrected chi connectivity index (χ4v) is 3.74. The summed E-state index contributed by atoms with van der Waals surface area (Å²) >= 11 is 12.9. The third kappa shape index (κ3) is 7.44. The molecule has 2 aromatic carbocycles. The molecular formula is C24H29Cl2NO6. The molecule has 0 N–H and O–H groups in total. The van der Waals surface area contributed by atoms with Gasteiger partial charge in [-0.25, -0.2) is 4.79 Å². The number of nitrogens with zero attached hydrogens (tertiary/aromatic N) is 1. The summed E-state index contributed by atoms with van der Waals surface area (Å²) in [6.45, 7) is 7.67. The Morgan fingerprint density at radius 2 is 1.64 bits per heavy atom. The van der Waals surface area contributed by atoms with Crippen molar-refractivity contribution in [2.75, 3.05) is 26.9 Å². The maximum Gasteiger partial charge on any atom is 0.410 e. The number of amides is 1. The molecule has 180 valence electrons. The first-order valence-corrected chi connectivity index (χ1v) is 11.4. The number of ether oxygens (including phenoxy) is 4. The van der Waals surface area contributed by atoms with E-state index in [0.29, 0.717) is 11.3 Å². The second-order valence-corrected chi connectivity index (χ2v) is 8.22. The second-order valence-electron chi connectivity index (χ2n) is 7.41. The molecule has 0 fully saturated rings. The molecule has 1 amide bonds. The summed E-state index contributed by atoms with van der Waals surface area (Å²) in [5.41, 5.74) is 1.59. The van der Waals surface area contributed by atoms with Crippen LogP contribution in [0, 0.1) is 0 Å². The molecule has 0 aliphatic rings. The lowest BCUT2D eigenvalue weighted by Gasteiger charge is -2.21. The Morgan fingerprint density at radius 1 is 1.00 bits per heavy atom. The predicted molar refractivity (Wildman–Crippen MR) is 128 cm³/mol. The lowest BCUT2D eigenvalue weighted by Crippen LogP contribution is -2.36. The van der Waals surface area contributed by atoms with Crippen molar-refractivity contribution >= 4 is 35.3 Å². The molecule has 0 radical (unpaired) electrons. The highest BCUT2D eigenvalue weighted by Gasteiger charge is 2.21. The Labute approximate surface area is 204 Å². The van der Waals surface area contributed by atoms with Crippen LogP contribution in [-0.2, 0) is 20.8 Å². The summed E-state index contributed by atoms with van der Waals surface area (Å²) < 4.78 is 21.4. The first kappa shape index (κ1) is 26.6. The lowest BCUT2D eigenvalue weighted by molar-refractivity contribution is -0.144. The van der Waals surface area contributed by atoms with Crippen LogP contribution in [0.1, 0.15) is 44.7 Å². The number of halogens is 2. The van der Waals surface area contributed by atoms with Gasteiger partial charge < -0.3 is 18.9 Å². The summed E-state index contributed by atoms with van der Waals surface area (Å²) in [7, 11) is 1.62. The van der Waals surface area contributed by atoms with Gasteiger partial charge in [0.2, 0.25) is 0 Å². The maximum atomic E-state index is 12.3. The fraction of sp³-hybridized carbons (Fsp3) is 0.417. The molecule has 0 aromatic heterocycles. The van der Waals surface area contributed by atoms with Crippen LogP contribution < -0.4 is 9.47 Å². The van der Waals surface area contributed by atoms with E-state index in [1.807, 2.05) is 12.1 Å². The molecular weight excluding hydrogens is 469 g/mol. The number of hydrogen-bond donors (Lipinski definition) is 0. The van der Waals surface area contributed by atoms with Crippen LogP contribution in [-0.4, -0.2) is 43.8 Å². The summed E-state index contributed by atoms with van der Waals surface area (Å²) in [4.78, 5) is 25.4. The lowest BCUT2D eigenvalue weighted by atomic mass is 10.0. The molecule has 0 atom stereocenters. The molecule has 0 saturated heterocycles. The number of rotatable bonds is 10. The molecule has 7 nitrogen and oxygen atoms in total. The average Bonchev–Trinajstić information content (AvgIpc) is 2.76. The van der Waals surface area contributed by atoms with Gasteiger partial charge in [0.25, 0.3) is 0 Å². The van der Waals surface area contributed by atoms with E-state index in [9.17, 15) is 9.59 Å². The molecule has 0 aliphatic heterocycles. The monoisotopic (exact) mass is 497 g/mol. The van der Waals surface area contributed by atoms with Gasteiger partial charge in [-0.1, -0.05) is 37.0 Å².